The van der Waals surface area contributed by atoms with Gasteiger partial charge in [0, 0.05) is 12.5 Å². The van der Waals surface area contributed by atoms with E-state index in [1.807, 2.05) is 0 Å². The SMILES string of the molecule is NC(=O)[C@@H](Cc1ccc(F)c([N+](=O)[O-])c1)NC(=O)[C@H](O)c1ccc(C(F)(F)F)cc1. The largest absolute Gasteiger partial charge is 0.416 e. The predicted octanol–water partition coefficient (Wildman–Crippen LogP) is 2.00. The third-order valence-corrected chi connectivity index (χ3v) is 4.11. The van der Waals surface area contributed by atoms with Crippen LogP contribution in [0, 0.1) is 15.9 Å². The van der Waals surface area contributed by atoms with E-state index in [2.05, 4.69) is 5.32 Å². The Labute approximate surface area is 166 Å². The van der Waals surface area contributed by atoms with Crippen LogP contribution in [0.3, 0.4) is 0 Å². The molecule has 160 valence electrons. The van der Waals surface area contributed by atoms with E-state index >= 15 is 0 Å². The molecule has 2 amide bonds. The molecular formula is C18H15F4N3O5. The number of carbonyl (C=O) groups excluding carboxylic acids is 2. The third kappa shape index (κ3) is 5.50. The van der Waals surface area contributed by atoms with Crippen LogP contribution in [0.5, 0.6) is 0 Å². The van der Waals surface area contributed by atoms with Gasteiger partial charge < -0.3 is 16.2 Å². The highest BCUT2D eigenvalue weighted by atomic mass is 19.4. The van der Waals surface area contributed by atoms with Crippen molar-refractivity contribution in [2.24, 2.45) is 5.73 Å². The normalized spacial score (nSPS) is 13.4. The molecule has 2 atom stereocenters. The van der Waals surface area contributed by atoms with E-state index in [0.29, 0.717) is 12.1 Å². The fourth-order valence-corrected chi connectivity index (χ4v) is 2.54. The fraction of sp³-hybridized carbons (Fsp3) is 0.222. The van der Waals surface area contributed by atoms with Crippen molar-refractivity contribution in [1.29, 1.82) is 0 Å². The Morgan fingerprint density at radius 1 is 1.17 bits per heavy atom. The molecule has 0 spiro atoms. The van der Waals surface area contributed by atoms with Crippen LogP contribution < -0.4 is 11.1 Å². The number of rotatable bonds is 7. The van der Waals surface area contributed by atoms with Crippen molar-refractivity contribution >= 4 is 17.5 Å². The maximum absolute atomic E-state index is 13.4. The number of halogens is 4. The van der Waals surface area contributed by atoms with E-state index < -0.39 is 52.1 Å². The lowest BCUT2D eigenvalue weighted by Gasteiger charge is -2.18. The zero-order valence-corrected chi connectivity index (χ0v) is 15.0. The molecule has 0 radical (unpaired) electrons. The van der Waals surface area contributed by atoms with Gasteiger partial charge in [-0.05, 0) is 29.3 Å². The zero-order chi connectivity index (χ0) is 22.6. The summed E-state index contributed by atoms with van der Waals surface area (Å²) in [5.41, 5.74) is 3.32. The maximum atomic E-state index is 13.4. The van der Waals surface area contributed by atoms with Crippen LogP contribution in [0.25, 0.3) is 0 Å². The Kier molecular flexibility index (Phi) is 6.72. The average Bonchev–Trinajstić information content (AvgIpc) is 2.67. The van der Waals surface area contributed by atoms with E-state index in [1.165, 1.54) is 0 Å². The van der Waals surface area contributed by atoms with E-state index in [-0.39, 0.29) is 17.5 Å². The number of hydrogen-bond acceptors (Lipinski definition) is 5. The van der Waals surface area contributed by atoms with Crippen LogP contribution >= 0.6 is 0 Å². The molecule has 2 aromatic rings. The number of nitrogens with zero attached hydrogens (tertiary/aromatic N) is 1. The summed E-state index contributed by atoms with van der Waals surface area (Å²) in [6.45, 7) is 0. The number of carbonyl (C=O) groups is 2. The fourth-order valence-electron chi connectivity index (χ4n) is 2.54. The van der Waals surface area contributed by atoms with Crippen molar-refractivity contribution in [3.8, 4) is 0 Å². The summed E-state index contributed by atoms with van der Waals surface area (Å²) < 4.78 is 51.2. The number of nitrogens with two attached hydrogens (primary N) is 1. The number of aliphatic hydroxyl groups excluding tert-OH is 1. The minimum absolute atomic E-state index is 0.108. The van der Waals surface area contributed by atoms with Crippen LogP contribution in [0.4, 0.5) is 23.2 Å². The summed E-state index contributed by atoms with van der Waals surface area (Å²) in [5.74, 6) is -3.27. The molecule has 12 heteroatoms. The zero-order valence-electron chi connectivity index (χ0n) is 15.0. The van der Waals surface area contributed by atoms with Crippen LogP contribution in [0.15, 0.2) is 42.5 Å². The Bertz CT molecular complexity index is 963. The molecular weight excluding hydrogens is 414 g/mol. The smallest absolute Gasteiger partial charge is 0.378 e. The van der Waals surface area contributed by atoms with Gasteiger partial charge in [0.1, 0.15) is 6.04 Å². The quantitative estimate of drug-likeness (QED) is 0.351. The molecule has 0 unspecified atom stereocenters. The van der Waals surface area contributed by atoms with E-state index in [9.17, 15) is 42.4 Å². The first-order chi connectivity index (χ1) is 13.9. The van der Waals surface area contributed by atoms with Gasteiger partial charge in [-0.15, -0.1) is 0 Å². The summed E-state index contributed by atoms with van der Waals surface area (Å²) in [4.78, 5) is 33.7. The second-order valence-electron chi connectivity index (χ2n) is 6.23. The van der Waals surface area contributed by atoms with Gasteiger partial charge >= 0.3 is 11.9 Å². The van der Waals surface area contributed by atoms with Crippen molar-refractivity contribution < 1.29 is 37.2 Å². The van der Waals surface area contributed by atoms with Gasteiger partial charge in [0.05, 0.1) is 10.5 Å². The number of amides is 2. The Morgan fingerprint density at radius 3 is 2.27 bits per heavy atom. The molecule has 0 bridgehead atoms. The van der Waals surface area contributed by atoms with E-state index in [1.54, 1.807) is 0 Å². The van der Waals surface area contributed by atoms with Crippen molar-refractivity contribution in [3.05, 3.63) is 75.1 Å². The molecule has 30 heavy (non-hydrogen) atoms. The highest BCUT2D eigenvalue weighted by Crippen LogP contribution is 2.30. The molecule has 2 rings (SSSR count). The molecule has 0 fully saturated rings. The van der Waals surface area contributed by atoms with Crippen molar-refractivity contribution in [2.75, 3.05) is 0 Å². The number of nitro benzene ring substituents is 1. The second kappa shape index (κ2) is 8.86. The molecule has 0 saturated heterocycles. The number of aliphatic hydroxyl groups is 1. The van der Waals surface area contributed by atoms with E-state index in [4.69, 9.17) is 5.73 Å². The molecule has 4 N–H and O–H groups in total. The van der Waals surface area contributed by atoms with Gasteiger partial charge in [0.2, 0.25) is 11.7 Å². The number of primary amides is 1. The van der Waals surface area contributed by atoms with Gasteiger partial charge in [-0.2, -0.15) is 17.6 Å². The Balaban J connectivity index is 2.14. The molecule has 0 aliphatic heterocycles. The summed E-state index contributed by atoms with van der Waals surface area (Å²) in [5, 5.41) is 23.0. The highest BCUT2D eigenvalue weighted by Gasteiger charge is 2.31. The summed E-state index contributed by atoms with van der Waals surface area (Å²) in [6.07, 6.45) is -6.85. The van der Waals surface area contributed by atoms with Crippen LogP contribution in [0.2, 0.25) is 0 Å². The van der Waals surface area contributed by atoms with Gasteiger partial charge in [-0.1, -0.05) is 18.2 Å². The topological polar surface area (TPSA) is 136 Å². The summed E-state index contributed by atoms with van der Waals surface area (Å²) in [6, 6.07) is 4.55. The minimum atomic E-state index is -4.60. The Morgan fingerprint density at radius 2 is 1.77 bits per heavy atom. The van der Waals surface area contributed by atoms with Crippen LogP contribution in [-0.2, 0) is 22.2 Å². The molecule has 0 saturated carbocycles. The summed E-state index contributed by atoms with van der Waals surface area (Å²) >= 11 is 0. The first kappa shape index (κ1) is 22.7. The summed E-state index contributed by atoms with van der Waals surface area (Å²) in [7, 11) is 0. The number of alkyl halides is 3. The lowest BCUT2D eigenvalue weighted by molar-refractivity contribution is -0.387. The van der Waals surface area contributed by atoms with Crippen LogP contribution in [-0.4, -0.2) is 27.9 Å². The molecule has 2 aromatic carbocycles. The number of hydrogen-bond donors (Lipinski definition) is 3. The monoisotopic (exact) mass is 429 g/mol. The molecule has 8 nitrogen and oxygen atoms in total. The third-order valence-electron chi connectivity index (χ3n) is 4.11. The molecule has 0 aromatic heterocycles. The second-order valence-corrected chi connectivity index (χ2v) is 6.23. The standard InChI is InChI=1S/C18H15F4N3O5/c19-12-6-1-9(8-14(12)25(29)30)7-13(16(23)27)24-17(28)15(26)10-2-4-11(5-3-10)18(20,21)22/h1-6,8,13,15,26H,7H2,(H2,23,27)(H,24,28)/t13-,15-/m1/s1. The van der Waals surface area contributed by atoms with Crippen molar-refractivity contribution in [1.82, 2.24) is 5.32 Å². The molecule has 0 aliphatic rings. The predicted molar refractivity (Wildman–Crippen MR) is 94.3 cm³/mol. The van der Waals surface area contributed by atoms with Gasteiger partial charge in [-0.3, -0.25) is 19.7 Å². The van der Waals surface area contributed by atoms with Gasteiger partial charge in [-0.25, -0.2) is 0 Å². The first-order valence-corrected chi connectivity index (χ1v) is 8.28. The maximum Gasteiger partial charge on any atom is 0.416 e. The minimum Gasteiger partial charge on any atom is -0.378 e. The number of nitro groups is 1. The average molecular weight is 429 g/mol. The van der Waals surface area contributed by atoms with E-state index in [0.717, 1.165) is 30.3 Å². The molecule has 0 aliphatic carbocycles. The highest BCUT2D eigenvalue weighted by molar-refractivity contribution is 5.89. The number of nitrogens with one attached hydrogen (secondary N) is 1. The van der Waals surface area contributed by atoms with Crippen molar-refractivity contribution in [2.45, 2.75) is 24.7 Å². The van der Waals surface area contributed by atoms with Crippen molar-refractivity contribution in [3.63, 3.8) is 0 Å². The van der Waals surface area contributed by atoms with Gasteiger partial charge in [0.15, 0.2) is 6.10 Å². The lowest BCUT2D eigenvalue weighted by Crippen LogP contribution is -2.47. The lowest BCUT2D eigenvalue weighted by atomic mass is 10.0. The van der Waals surface area contributed by atoms with Crippen LogP contribution in [0.1, 0.15) is 22.8 Å². The van der Waals surface area contributed by atoms with Gasteiger partial charge in [0.25, 0.3) is 5.91 Å². The molecule has 0 heterocycles. The Hall–Kier alpha value is -3.54. The first-order valence-electron chi connectivity index (χ1n) is 8.28. The number of benzene rings is 2.